The molecule has 0 aromatic heterocycles. The van der Waals surface area contributed by atoms with Crippen molar-refractivity contribution < 1.29 is 9.94 Å². The SMILES string of the molecule is CC[C@@H](C)/C(=N\O)[C@H]1CO[C@]2(C)CC[C@H]1[C@H]2C. The van der Waals surface area contributed by atoms with Crippen molar-refractivity contribution in [1.29, 1.82) is 0 Å². The van der Waals surface area contributed by atoms with E-state index in [1.807, 2.05) is 0 Å². The van der Waals surface area contributed by atoms with Gasteiger partial charge >= 0.3 is 0 Å². The predicted molar refractivity (Wildman–Crippen MR) is 68.4 cm³/mol. The lowest BCUT2D eigenvalue weighted by molar-refractivity contribution is -0.104. The second kappa shape index (κ2) is 4.60. The summed E-state index contributed by atoms with van der Waals surface area (Å²) in [4.78, 5) is 0. The van der Waals surface area contributed by atoms with Crippen LogP contribution in [0.5, 0.6) is 0 Å². The molecule has 0 amide bonds. The van der Waals surface area contributed by atoms with E-state index in [2.05, 4.69) is 32.9 Å². The van der Waals surface area contributed by atoms with Crippen LogP contribution < -0.4 is 0 Å². The molecule has 5 atom stereocenters. The van der Waals surface area contributed by atoms with Crippen molar-refractivity contribution in [3.8, 4) is 0 Å². The molecular formula is C14H25NO2. The van der Waals surface area contributed by atoms with E-state index in [1.54, 1.807) is 0 Å². The Balaban J connectivity index is 2.19. The van der Waals surface area contributed by atoms with E-state index in [4.69, 9.17) is 4.74 Å². The molecule has 3 heteroatoms. The highest BCUT2D eigenvalue weighted by molar-refractivity contribution is 5.88. The van der Waals surface area contributed by atoms with Crippen molar-refractivity contribution in [3.63, 3.8) is 0 Å². The van der Waals surface area contributed by atoms with Gasteiger partial charge in [-0.3, -0.25) is 0 Å². The fourth-order valence-electron chi connectivity index (χ4n) is 3.59. The lowest BCUT2D eigenvalue weighted by atomic mass is 9.74. The highest BCUT2D eigenvalue weighted by Crippen LogP contribution is 2.50. The maximum absolute atomic E-state index is 9.29. The van der Waals surface area contributed by atoms with Crippen molar-refractivity contribution in [1.82, 2.24) is 0 Å². The number of hydrogen-bond acceptors (Lipinski definition) is 3. The topological polar surface area (TPSA) is 41.8 Å². The number of oxime groups is 1. The molecule has 98 valence electrons. The molecule has 2 fully saturated rings. The minimum Gasteiger partial charge on any atom is -0.411 e. The van der Waals surface area contributed by atoms with Gasteiger partial charge in [0.2, 0.25) is 0 Å². The van der Waals surface area contributed by atoms with E-state index >= 15 is 0 Å². The summed E-state index contributed by atoms with van der Waals surface area (Å²) in [5.74, 6) is 1.88. The van der Waals surface area contributed by atoms with Crippen LogP contribution in [0.15, 0.2) is 5.16 Å². The fraction of sp³-hybridized carbons (Fsp3) is 0.929. The van der Waals surface area contributed by atoms with Gasteiger partial charge in [0.1, 0.15) is 0 Å². The van der Waals surface area contributed by atoms with Gasteiger partial charge in [-0.05, 0) is 43.9 Å². The predicted octanol–water partition coefficient (Wildman–Crippen LogP) is 3.31. The van der Waals surface area contributed by atoms with Crippen LogP contribution in [-0.2, 0) is 4.74 Å². The summed E-state index contributed by atoms with van der Waals surface area (Å²) in [7, 11) is 0. The van der Waals surface area contributed by atoms with Gasteiger partial charge in [-0.2, -0.15) is 0 Å². The molecule has 1 heterocycles. The summed E-state index contributed by atoms with van der Waals surface area (Å²) in [6, 6.07) is 0. The highest BCUT2D eigenvalue weighted by Gasteiger charge is 2.51. The van der Waals surface area contributed by atoms with Gasteiger partial charge in [0.15, 0.2) is 0 Å². The molecule has 2 rings (SSSR count). The van der Waals surface area contributed by atoms with Gasteiger partial charge in [0, 0.05) is 5.92 Å². The third kappa shape index (κ3) is 1.99. The summed E-state index contributed by atoms with van der Waals surface area (Å²) >= 11 is 0. The number of fused-ring (bicyclic) bond motifs is 2. The van der Waals surface area contributed by atoms with Crippen molar-refractivity contribution in [2.24, 2.45) is 28.8 Å². The van der Waals surface area contributed by atoms with Crippen LogP contribution in [0.4, 0.5) is 0 Å². The first-order valence-corrected chi connectivity index (χ1v) is 6.89. The Hall–Kier alpha value is -0.570. The van der Waals surface area contributed by atoms with Gasteiger partial charge in [-0.25, -0.2) is 0 Å². The molecule has 0 radical (unpaired) electrons. The first kappa shape index (κ1) is 12.9. The van der Waals surface area contributed by atoms with Crippen molar-refractivity contribution in [3.05, 3.63) is 0 Å². The molecule has 17 heavy (non-hydrogen) atoms. The van der Waals surface area contributed by atoms with E-state index in [-0.39, 0.29) is 5.60 Å². The van der Waals surface area contributed by atoms with Crippen molar-refractivity contribution >= 4 is 5.71 Å². The zero-order valence-corrected chi connectivity index (χ0v) is 11.4. The first-order chi connectivity index (χ1) is 8.03. The minimum absolute atomic E-state index is 0.0667. The molecule has 3 nitrogen and oxygen atoms in total. The van der Waals surface area contributed by atoms with E-state index in [1.165, 1.54) is 6.42 Å². The zero-order valence-electron chi connectivity index (χ0n) is 11.4. The van der Waals surface area contributed by atoms with Gasteiger partial charge in [-0.1, -0.05) is 25.9 Å². The normalized spacial score (nSPS) is 43.8. The Kier molecular flexibility index (Phi) is 3.48. The third-order valence-corrected chi connectivity index (χ3v) is 5.30. The van der Waals surface area contributed by atoms with E-state index in [0.717, 1.165) is 25.2 Å². The Labute approximate surface area is 104 Å². The summed E-state index contributed by atoms with van der Waals surface area (Å²) in [6.07, 6.45) is 3.38. The average molecular weight is 239 g/mol. The third-order valence-electron chi connectivity index (χ3n) is 5.30. The Morgan fingerprint density at radius 1 is 1.59 bits per heavy atom. The monoisotopic (exact) mass is 239 g/mol. The first-order valence-electron chi connectivity index (χ1n) is 6.89. The van der Waals surface area contributed by atoms with Crippen LogP contribution >= 0.6 is 0 Å². The van der Waals surface area contributed by atoms with Crippen molar-refractivity contribution in [2.45, 2.75) is 52.6 Å². The van der Waals surface area contributed by atoms with Crippen LogP contribution in [0.3, 0.4) is 0 Å². The lowest BCUT2D eigenvalue weighted by Crippen LogP contribution is -2.46. The second-order valence-electron chi connectivity index (χ2n) is 6.06. The Morgan fingerprint density at radius 3 is 2.88 bits per heavy atom. The van der Waals surface area contributed by atoms with Crippen LogP contribution in [0.2, 0.25) is 0 Å². The molecular weight excluding hydrogens is 214 g/mol. The average Bonchev–Trinajstić information content (AvgIpc) is 2.51. The van der Waals surface area contributed by atoms with Gasteiger partial charge in [0.05, 0.1) is 17.9 Å². The molecule has 1 aliphatic heterocycles. The van der Waals surface area contributed by atoms with Crippen LogP contribution in [0, 0.1) is 23.7 Å². The number of ether oxygens (including phenoxy) is 1. The summed E-state index contributed by atoms with van der Waals surface area (Å²) in [5.41, 5.74) is 1.02. The molecule has 1 N–H and O–H groups in total. The molecule has 1 aliphatic carbocycles. The van der Waals surface area contributed by atoms with Crippen molar-refractivity contribution in [2.75, 3.05) is 6.61 Å². The maximum Gasteiger partial charge on any atom is 0.0683 e. The van der Waals surface area contributed by atoms with E-state index in [0.29, 0.717) is 23.7 Å². The molecule has 1 saturated carbocycles. The number of hydrogen-bond donors (Lipinski definition) is 1. The maximum atomic E-state index is 9.29. The fourth-order valence-corrected chi connectivity index (χ4v) is 3.59. The molecule has 2 aliphatic rings. The smallest absolute Gasteiger partial charge is 0.0683 e. The molecule has 0 aromatic rings. The Bertz CT molecular complexity index is 315. The summed E-state index contributed by atoms with van der Waals surface area (Å²) in [5, 5.41) is 12.9. The largest absolute Gasteiger partial charge is 0.411 e. The van der Waals surface area contributed by atoms with Crippen LogP contribution in [0.1, 0.15) is 47.0 Å². The highest BCUT2D eigenvalue weighted by atomic mass is 16.5. The molecule has 0 aromatic carbocycles. The molecule has 0 unspecified atom stereocenters. The number of nitrogens with zero attached hydrogens (tertiary/aromatic N) is 1. The molecule has 0 spiro atoms. The molecule has 2 bridgehead atoms. The Morgan fingerprint density at radius 2 is 2.29 bits per heavy atom. The van der Waals surface area contributed by atoms with Crippen LogP contribution in [0.25, 0.3) is 0 Å². The van der Waals surface area contributed by atoms with Gasteiger partial charge < -0.3 is 9.94 Å². The summed E-state index contributed by atoms with van der Waals surface area (Å²) < 4.78 is 6.07. The standard InChI is InChI=1S/C14H25NO2/c1-5-9(2)13(15-16)12-8-17-14(4)7-6-11(12)10(14)3/h9-12,16H,5-8H2,1-4H3/b15-13+/t9-,10-,11+,12+,14-/m1/s1. The lowest BCUT2D eigenvalue weighted by Gasteiger charge is -2.41. The second-order valence-corrected chi connectivity index (χ2v) is 6.06. The quantitative estimate of drug-likeness (QED) is 0.466. The van der Waals surface area contributed by atoms with Crippen LogP contribution in [-0.4, -0.2) is 23.1 Å². The minimum atomic E-state index is 0.0667. The summed E-state index contributed by atoms with van der Waals surface area (Å²) in [6.45, 7) is 9.53. The zero-order chi connectivity index (χ0) is 12.6. The number of rotatable bonds is 3. The van der Waals surface area contributed by atoms with Gasteiger partial charge in [0.25, 0.3) is 0 Å². The van der Waals surface area contributed by atoms with Gasteiger partial charge in [-0.15, -0.1) is 0 Å². The van der Waals surface area contributed by atoms with E-state index < -0.39 is 0 Å². The van der Waals surface area contributed by atoms with E-state index in [9.17, 15) is 5.21 Å². The molecule has 1 saturated heterocycles.